The summed E-state index contributed by atoms with van der Waals surface area (Å²) in [4.78, 5) is 22.8. The van der Waals surface area contributed by atoms with Gasteiger partial charge in [-0.1, -0.05) is 19.1 Å². The fourth-order valence-corrected chi connectivity index (χ4v) is 2.79. The Morgan fingerprint density at radius 3 is 2.61 bits per heavy atom. The molecule has 6 nitrogen and oxygen atoms in total. The Labute approximate surface area is 136 Å². The van der Waals surface area contributed by atoms with Gasteiger partial charge >= 0.3 is 11.9 Å². The topological polar surface area (TPSA) is 86.7 Å². The van der Waals surface area contributed by atoms with Gasteiger partial charge in [0.05, 0.1) is 24.5 Å². The summed E-state index contributed by atoms with van der Waals surface area (Å²) in [6.07, 6.45) is 1.16. The Hall–Kier alpha value is -2.15. The number of carbonyl (C=O) groups is 2. The minimum Gasteiger partial charge on any atom is -0.469 e. The van der Waals surface area contributed by atoms with E-state index >= 15 is 0 Å². The lowest BCUT2D eigenvalue weighted by Gasteiger charge is -2.08. The molecule has 0 aliphatic carbocycles. The third-order valence-electron chi connectivity index (χ3n) is 3.10. The molecule has 7 heteroatoms. The zero-order valence-electron chi connectivity index (χ0n) is 13.3. The molecular formula is C16H20O6S. The molecule has 0 fully saturated rings. The number of rotatable bonds is 7. The average molecular weight is 340 g/mol. The van der Waals surface area contributed by atoms with Crippen LogP contribution in [0.3, 0.4) is 0 Å². The fraction of sp³-hybridized carbons (Fsp3) is 0.375. The Kier molecular flexibility index (Phi) is 6.96. The predicted molar refractivity (Wildman–Crippen MR) is 84.3 cm³/mol. The first-order valence-electron chi connectivity index (χ1n) is 7.00. The Bertz CT molecular complexity index is 690. The number of benzene rings is 1. The number of carbonyl (C=O) groups excluding carboxylic acids is 2. The number of esters is 2. The molecule has 0 bridgehead atoms. The van der Waals surface area contributed by atoms with Crippen molar-refractivity contribution < 1.29 is 27.5 Å². The van der Waals surface area contributed by atoms with Crippen molar-refractivity contribution in [2.45, 2.75) is 25.2 Å². The first kappa shape index (κ1) is 18.9. The van der Waals surface area contributed by atoms with Gasteiger partial charge in [0.15, 0.2) is 9.84 Å². The molecule has 126 valence electrons. The lowest BCUT2D eigenvalue weighted by atomic mass is 10.1. The van der Waals surface area contributed by atoms with Gasteiger partial charge < -0.3 is 9.47 Å². The second-order valence-electron chi connectivity index (χ2n) is 5.04. The van der Waals surface area contributed by atoms with Crippen molar-refractivity contribution in [3.63, 3.8) is 0 Å². The average Bonchev–Trinajstić information content (AvgIpc) is 2.52. The molecule has 1 aromatic rings. The van der Waals surface area contributed by atoms with Gasteiger partial charge in [0.2, 0.25) is 0 Å². The van der Waals surface area contributed by atoms with E-state index in [2.05, 4.69) is 4.74 Å². The summed E-state index contributed by atoms with van der Waals surface area (Å²) in [6.45, 7) is 3.43. The fourth-order valence-electron chi connectivity index (χ4n) is 1.72. The highest BCUT2D eigenvalue weighted by atomic mass is 32.2. The van der Waals surface area contributed by atoms with E-state index in [1.54, 1.807) is 26.0 Å². The van der Waals surface area contributed by atoms with E-state index in [0.717, 1.165) is 17.0 Å². The SMILES string of the molecule is COC(=O)C(C)CCOC(=O)/C=C/S(=O)(=O)c1cccc(C)c1. The second kappa shape index (κ2) is 8.47. The molecule has 0 saturated heterocycles. The lowest BCUT2D eigenvalue weighted by molar-refractivity contribution is -0.147. The zero-order valence-corrected chi connectivity index (χ0v) is 14.1. The molecule has 1 rings (SSSR count). The van der Waals surface area contributed by atoms with E-state index in [4.69, 9.17) is 4.74 Å². The summed E-state index contributed by atoms with van der Waals surface area (Å²) in [6, 6.07) is 6.38. The van der Waals surface area contributed by atoms with Crippen LogP contribution in [0.15, 0.2) is 40.6 Å². The van der Waals surface area contributed by atoms with Gasteiger partial charge in [-0.05, 0) is 31.0 Å². The maximum atomic E-state index is 12.0. The van der Waals surface area contributed by atoms with Crippen LogP contribution in [0.1, 0.15) is 18.9 Å². The number of hydrogen-bond donors (Lipinski definition) is 0. The van der Waals surface area contributed by atoms with Gasteiger partial charge in [0.1, 0.15) is 0 Å². The van der Waals surface area contributed by atoms with E-state index in [1.165, 1.54) is 19.2 Å². The van der Waals surface area contributed by atoms with Crippen molar-refractivity contribution in [1.82, 2.24) is 0 Å². The Balaban J connectivity index is 2.56. The molecule has 1 aromatic carbocycles. The van der Waals surface area contributed by atoms with Crippen LogP contribution in [0.5, 0.6) is 0 Å². The minimum atomic E-state index is -3.69. The molecule has 1 atom stereocenters. The van der Waals surface area contributed by atoms with Gasteiger partial charge in [-0.3, -0.25) is 4.79 Å². The van der Waals surface area contributed by atoms with Gasteiger partial charge in [-0.2, -0.15) is 0 Å². The van der Waals surface area contributed by atoms with Gasteiger partial charge in [0.25, 0.3) is 0 Å². The highest BCUT2D eigenvalue weighted by Crippen LogP contribution is 2.14. The highest BCUT2D eigenvalue weighted by Gasteiger charge is 2.14. The Morgan fingerprint density at radius 1 is 1.30 bits per heavy atom. The van der Waals surface area contributed by atoms with Crippen molar-refractivity contribution in [3.8, 4) is 0 Å². The monoisotopic (exact) mass is 340 g/mol. The molecular weight excluding hydrogens is 320 g/mol. The molecule has 1 unspecified atom stereocenters. The van der Waals surface area contributed by atoms with Crippen LogP contribution in [-0.2, 0) is 28.9 Å². The highest BCUT2D eigenvalue weighted by molar-refractivity contribution is 7.94. The Morgan fingerprint density at radius 2 is 2.00 bits per heavy atom. The molecule has 0 radical (unpaired) electrons. The minimum absolute atomic E-state index is 0.00390. The van der Waals surface area contributed by atoms with E-state index < -0.39 is 27.7 Å². The molecule has 0 spiro atoms. The number of hydrogen-bond acceptors (Lipinski definition) is 6. The van der Waals surface area contributed by atoms with E-state index in [1.807, 2.05) is 0 Å². The van der Waals surface area contributed by atoms with Crippen LogP contribution < -0.4 is 0 Å². The third kappa shape index (κ3) is 6.23. The van der Waals surface area contributed by atoms with Gasteiger partial charge in [0, 0.05) is 11.5 Å². The molecule has 0 amide bonds. The summed E-state index contributed by atoms with van der Waals surface area (Å²) < 4.78 is 33.5. The van der Waals surface area contributed by atoms with E-state index in [0.29, 0.717) is 6.42 Å². The molecule has 0 aromatic heterocycles. The summed E-state index contributed by atoms with van der Waals surface area (Å²) in [7, 11) is -2.41. The number of methoxy groups -OCH3 is 1. The lowest BCUT2D eigenvalue weighted by Crippen LogP contribution is -2.15. The van der Waals surface area contributed by atoms with Crippen LogP contribution in [0.4, 0.5) is 0 Å². The van der Waals surface area contributed by atoms with Crippen LogP contribution in [0, 0.1) is 12.8 Å². The van der Waals surface area contributed by atoms with Crippen LogP contribution in [0.25, 0.3) is 0 Å². The maximum Gasteiger partial charge on any atom is 0.331 e. The van der Waals surface area contributed by atoms with E-state index in [-0.39, 0.29) is 11.5 Å². The van der Waals surface area contributed by atoms with Crippen LogP contribution >= 0.6 is 0 Å². The first-order chi connectivity index (χ1) is 10.8. The predicted octanol–water partition coefficient (Wildman–Crippen LogP) is 2.02. The van der Waals surface area contributed by atoms with E-state index in [9.17, 15) is 18.0 Å². The quantitative estimate of drug-likeness (QED) is 0.557. The summed E-state index contributed by atoms with van der Waals surface area (Å²) in [5.41, 5.74) is 0.804. The van der Waals surface area contributed by atoms with Crippen molar-refractivity contribution in [2.24, 2.45) is 5.92 Å². The molecule has 0 aliphatic heterocycles. The van der Waals surface area contributed by atoms with Crippen LogP contribution in [-0.4, -0.2) is 34.1 Å². The number of aryl methyl sites for hydroxylation is 1. The normalized spacial score (nSPS) is 12.8. The van der Waals surface area contributed by atoms with Crippen LogP contribution in [0.2, 0.25) is 0 Å². The summed E-state index contributed by atoms with van der Waals surface area (Å²) in [5.74, 6) is -1.57. The summed E-state index contributed by atoms with van der Waals surface area (Å²) in [5, 5.41) is 0.813. The standard InChI is InChI=1S/C16H20O6S/c1-12-5-4-6-14(11-12)23(19,20)10-8-15(17)22-9-7-13(2)16(18)21-3/h4-6,8,10-11,13H,7,9H2,1-3H3/b10-8+. The first-order valence-corrected chi connectivity index (χ1v) is 8.55. The van der Waals surface area contributed by atoms with Crippen molar-refractivity contribution >= 4 is 21.8 Å². The second-order valence-corrected chi connectivity index (χ2v) is 6.88. The molecule has 0 N–H and O–H groups in total. The van der Waals surface area contributed by atoms with Gasteiger partial charge in [-0.15, -0.1) is 0 Å². The number of sulfone groups is 1. The summed E-state index contributed by atoms with van der Waals surface area (Å²) >= 11 is 0. The largest absolute Gasteiger partial charge is 0.469 e. The van der Waals surface area contributed by atoms with Crippen molar-refractivity contribution in [3.05, 3.63) is 41.3 Å². The third-order valence-corrected chi connectivity index (χ3v) is 4.51. The smallest absolute Gasteiger partial charge is 0.331 e. The molecule has 0 saturated carbocycles. The molecule has 23 heavy (non-hydrogen) atoms. The zero-order chi connectivity index (χ0) is 17.5. The van der Waals surface area contributed by atoms with Crippen molar-refractivity contribution in [2.75, 3.05) is 13.7 Å². The molecule has 0 aliphatic rings. The maximum absolute atomic E-state index is 12.0. The van der Waals surface area contributed by atoms with Gasteiger partial charge in [-0.25, -0.2) is 13.2 Å². The molecule has 0 heterocycles. The van der Waals surface area contributed by atoms with Crippen molar-refractivity contribution in [1.29, 1.82) is 0 Å². The number of ether oxygens (including phenoxy) is 2.